The highest BCUT2D eigenvalue weighted by molar-refractivity contribution is 6.28. The molecule has 0 saturated carbocycles. The van der Waals surface area contributed by atoms with Crippen LogP contribution in [-0.2, 0) is 29.7 Å². The topological polar surface area (TPSA) is 154 Å². The van der Waals surface area contributed by atoms with E-state index in [1.807, 2.05) is 5.32 Å². The van der Waals surface area contributed by atoms with Crippen LogP contribution in [0.5, 0.6) is 5.75 Å². The van der Waals surface area contributed by atoms with E-state index in [9.17, 15) is 14.0 Å². The summed E-state index contributed by atoms with van der Waals surface area (Å²) in [5.41, 5.74) is 0.827. The molecule has 0 aliphatic rings. The van der Waals surface area contributed by atoms with Gasteiger partial charge in [0.1, 0.15) is 29.1 Å². The Bertz CT molecular complexity index is 1780. The first kappa shape index (κ1) is 28.0. The van der Waals surface area contributed by atoms with Gasteiger partial charge in [-0.3, -0.25) is 14.8 Å². The normalized spacial score (nSPS) is 12.5. The molecule has 2 heterocycles. The van der Waals surface area contributed by atoms with Crippen LogP contribution in [-0.4, -0.2) is 56.4 Å². The lowest BCUT2D eigenvalue weighted by atomic mass is 10.1. The van der Waals surface area contributed by atoms with Crippen molar-refractivity contribution in [3.8, 4) is 17.1 Å². The van der Waals surface area contributed by atoms with Gasteiger partial charge in [0, 0.05) is 35.6 Å². The molecule has 2 aromatic heterocycles. The van der Waals surface area contributed by atoms with Gasteiger partial charge in [-0.2, -0.15) is 10.1 Å². The van der Waals surface area contributed by atoms with Gasteiger partial charge in [-0.1, -0.05) is 0 Å². The Morgan fingerprint density at radius 1 is 1.16 bits per heavy atom. The number of halogens is 2. The van der Waals surface area contributed by atoms with E-state index in [1.54, 1.807) is 40.0 Å². The maximum atomic E-state index is 14.7. The number of aryl methyl sites for hydroxylation is 1. The van der Waals surface area contributed by atoms with Crippen molar-refractivity contribution < 1.29 is 32.3 Å². The first-order valence-electron chi connectivity index (χ1n) is 14.6. The monoisotopic (exact) mass is 629 g/mol. The second-order valence-electron chi connectivity index (χ2n) is 10.4. The number of carbonyl (C=O) groups is 2. The molecule has 4 aromatic rings. The second-order valence-corrected chi connectivity index (χ2v) is 10.7. The first-order chi connectivity index (χ1) is 22.0. The van der Waals surface area contributed by atoms with E-state index in [4.69, 9.17) is 29.9 Å². The van der Waals surface area contributed by atoms with E-state index in [0.29, 0.717) is 22.6 Å². The van der Waals surface area contributed by atoms with Gasteiger partial charge in [0.2, 0.25) is 5.28 Å². The number of nitrogens with one attached hydrogen (secondary N) is 3. The number of hydrogen-bond acceptors (Lipinski definition) is 10. The first-order valence-corrected chi connectivity index (χ1v) is 13.4. The van der Waals surface area contributed by atoms with Gasteiger partial charge in [-0.05, 0) is 68.3 Å². The molecule has 0 saturated heterocycles. The molecule has 0 fully saturated rings. The smallest absolute Gasteiger partial charge is 0.412 e. The highest BCUT2D eigenvalue weighted by Crippen LogP contribution is 2.38. The van der Waals surface area contributed by atoms with Crippen LogP contribution in [0.15, 0.2) is 42.9 Å². The van der Waals surface area contributed by atoms with Crippen LogP contribution in [0.2, 0.25) is 5.28 Å². The molecule has 0 bridgehead atoms. The van der Waals surface area contributed by atoms with Gasteiger partial charge >= 0.3 is 6.09 Å². The molecule has 0 spiro atoms. The minimum atomic E-state index is -2.77. The lowest BCUT2D eigenvalue weighted by Crippen LogP contribution is -2.27. The molecule has 44 heavy (non-hydrogen) atoms. The van der Waals surface area contributed by atoms with Gasteiger partial charge in [0.15, 0.2) is 11.6 Å². The molecule has 0 aliphatic carbocycles. The SMILES string of the molecule is [2H]C([2H])([2H])NC(=O)c1cnc(Cl)nc1Nc1cc(COCc2cc(NC(=O)OC(C)(C)C)ccc2F)cc(-c2ncn(C)n2)c1OC. The van der Waals surface area contributed by atoms with E-state index in [-0.39, 0.29) is 46.9 Å². The number of hydrogen-bond donors (Lipinski definition) is 3. The number of ether oxygens (including phenoxy) is 3. The molecule has 13 nitrogen and oxygen atoms in total. The minimum Gasteiger partial charge on any atom is -0.494 e. The van der Waals surface area contributed by atoms with Crippen LogP contribution in [0.1, 0.15) is 46.4 Å². The number of methoxy groups -OCH3 is 1. The van der Waals surface area contributed by atoms with Crippen molar-refractivity contribution in [2.45, 2.75) is 39.6 Å². The molecule has 3 N–H and O–H groups in total. The molecular formula is C29H32ClFN8O5. The Labute approximate surface area is 262 Å². The zero-order chi connectivity index (χ0) is 34.5. The van der Waals surface area contributed by atoms with Crippen molar-refractivity contribution in [2.75, 3.05) is 24.7 Å². The van der Waals surface area contributed by atoms with E-state index in [0.717, 1.165) is 6.20 Å². The number of carbonyl (C=O) groups excluding carboxylic acids is 2. The van der Waals surface area contributed by atoms with Gasteiger partial charge < -0.3 is 24.8 Å². The van der Waals surface area contributed by atoms with Crippen LogP contribution >= 0.6 is 11.6 Å². The third-order valence-electron chi connectivity index (χ3n) is 5.78. The lowest BCUT2D eigenvalue weighted by Gasteiger charge is -2.20. The van der Waals surface area contributed by atoms with Gasteiger partial charge in [0.25, 0.3) is 5.91 Å². The Hall–Kier alpha value is -4.82. The number of amides is 2. The molecule has 232 valence electrons. The standard InChI is InChI=1S/C29H32ClFN8O5/c1-29(2,3)44-28(41)35-18-7-8-21(31)17(11-18)14-43-13-16-9-19(24-34-15-39(5)38-24)23(42-6)22(10-16)36-25-20(26(40)32-4)12-33-27(30)37-25/h7-12,15H,13-14H2,1-6H3,(H,32,40)(H,35,41)(H,33,36,37)/i4D3. The number of anilines is 3. The molecule has 2 amide bonds. The fourth-order valence-corrected chi connectivity index (χ4v) is 4.13. The van der Waals surface area contributed by atoms with Crippen molar-refractivity contribution in [3.63, 3.8) is 0 Å². The zero-order valence-corrected chi connectivity index (χ0v) is 25.2. The molecule has 0 aliphatic heterocycles. The quantitative estimate of drug-likeness (QED) is 0.198. The summed E-state index contributed by atoms with van der Waals surface area (Å²) in [6.45, 7) is 2.20. The van der Waals surface area contributed by atoms with Crippen LogP contribution in [0.3, 0.4) is 0 Å². The molecule has 2 aromatic carbocycles. The lowest BCUT2D eigenvalue weighted by molar-refractivity contribution is 0.0635. The molecular weight excluding hydrogens is 595 g/mol. The average molecular weight is 630 g/mol. The van der Waals surface area contributed by atoms with Crippen LogP contribution in [0, 0.1) is 5.82 Å². The molecule has 15 heteroatoms. The molecule has 0 atom stereocenters. The maximum Gasteiger partial charge on any atom is 0.412 e. The predicted molar refractivity (Wildman–Crippen MR) is 161 cm³/mol. The molecule has 4 rings (SSSR count). The Morgan fingerprint density at radius 2 is 1.95 bits per heavy atom. The number of rotatable bonds is 10. The molecule has 0 radical (unpaired) electrons. The van der Waals surface area contributed by atoms with Gasteiger partial charge in [0.05, 0.1) is 31.6 Å². The Morgan fingerprint density at radius 3 is 2.64 bits per heavy atom. The number of nitrogens with zero attached hydrogens (tertiary/aromatic N) is 5. The summed E-state index contributed by atoms with van der Waals surface area (Å²) in [6.07, 6.45) is 1.89. The summed E-state index contributed by atoms with van der Waals surface area (Å²) >= 11 is 6.02. The largest absolute Gasteiger partial charge is 0.494 e. The number of aromatic nitrogens is 5. The molecule has 0 unspecified atom stereocenters. The summed E-state index contributed by atoms with van der Waals surface area (Å²) in [5, 5.41) is 11.6. The summed E-state index contributed by atoms with van der Waals surface area (Å²) in [5.74, 6) is -1.08. The van der Waals surface area contributed by atoms with E-state index in [2.05, 4.69) is 30.7 Å². The second kappa shape index (κ2) is 13.7. The highest BCUT2D eigenvalue weighted by atomic mass is 35.5. The highest BCUT2D eigenvalue weighted by Gasteiger charge is 2.21. The third-order valence-corrected chi connectivity index (χ3v) is 5.96. The fourth-order valence-electron chi connectivity index (χ4n) is 3.99. The van der Waals surface area contributed by atoms with Crippen LogP contribution in [0.25, 0.3) is 11.4 Å². The van der Waals surface area contributed by atoms with Crippen molar-refractivity contribution in [3.05, 3.63) is 70.6 Å². The Kier molecular flexibility index (Phi) is 8.68. The van der Waals surface area contributed by atoms with Crippen molar-refractivity contribution in [1.82, 2.24) is 30.0 Å². The summed E-state index contributed by atoms with van der Waals surface area (Å²) < 4.78 is 55.2. The van der Waals surface area contributed by atoms with Crippen LogP contribution in [0.4, 0.5) is 26.4 Å². The number of benzene rings is 2. The maximum absolute atomic E-state index is 14.7. The third kappa shape index (κ3) is 8.17. The van der Waals surface area contributed by atoms with Crippen molar-refractivity contribution >= 4 is 40.8 Å². The van der Waals surface area contributed by atoms with Crippen molar-refractivity contribution in [2.24, 2.45) is 7.05 Å². The Balaban J connectivity index is 1.64. The summed E-state index contributed by atoms with van der Waals surface area (Å²) in [6, 6.07) is 7.39. The van der Waals surface area contributed by atoms with E-state index in [1.165, 1.54) is 36.3 Å². The van der Waals surface area contributed by atoms with Crippen molar-refractivity contribution in [1.29, 1.82) is 0 Å². The average Bonchev–Trinajstić information content (AvgIpc) is 3.38. The van der Waals surface area contributed by atoms with E-state index < -0.39 is 30.4 Å². The summed E-state index contributed by atoms with van der Waals surface area (Å²) in [4.78, 5) is 37.2. The summed E-state index contributed by atoms with van der Waals surface area (Å²) in [7, 11) is 3.10. The van der Waals surface area contributed by atoms with E-state index >= 15 is 0 Å². The fraction of sp³-hybridized carbons (Fsp3) is 0.310. The predicted octanol–water partition coefficient (Wildman–Crippen LogP) is 5.24. The van der Waals surface area contributed by atoms with Gasteiger partial charge in [-0.25, -0.2) is 19.2 Å². The van der Waals surface area contributed by atoms with Crippen LogP contribution < -0.4 is 20.7 Å². The van der Waals surface area contributed by atoms with Gasteiger partial charge in [-0.15, -0.1) is 0 Å². The zero-order valence-electron chi connectivity index (χ0n) is 27.5. The minimum absolute atomic E-state index is 0.0431.